The lowest BCUT2D eigenvalue weighted by atomic mass is 10.2. The number of furan rings is 1. The number of hydrogen-bond donors (Lipinski definition) is 1. The van der Waals surface area contributed by atoms with Crippen molar-refractivity contribution >= 4 is 23.1 Å². The third-order valence-electron chi connectivity index (χ3n) is 2.43. The van der Waals surface area contributed by atoms with Crippen LogP contribution in [0.5, 0.6) is 0 Å². The first-order valence-electron chi connectivity index (χ1n) is 5.51. The Morgan fingerprint density at radius 3 is 3.00 bits per heavy atom. The van der Waals surface area contributed by atoms with Crippen molar-refractivity contribution in [2.75, 3.05) is 5.32 Å². The molecular formula is C11H11ClN4O3. The van der Waals surface area contributed by atoms with Gasteiger partial charge in [0, 0.05) is 12.5 Å². The third kappa shape index (κ3) is 3.19. The molecule has 0 amide bonds. The maximum absolute atomic E-state index is 10.9. The van der Waals surface area contributed by atoms with Crippen LogP contribution in [0.4, 0.5) is 11.5 Å². The van der Waals surface area contributed by atoms with Crippen LogP contribution in [-0.4, -0.2) is 20.9 Å². The maximum atomic E-state index is 10.9. The molecule has 0 aromatic carbocycles. The van der Waals surface area contributed by atoms with Crippen LogP contribution >= 0.6 is 11.6 Å². The van der Waals surface area contributed by atoms with Gasteiger partial charge in [-0.15, -0.1) is 0 Å². The molecule has 1 N–H and O–H groups in total. The Balaban J connectivity index is 2.14. The quantitative estimate of drug-likeness (QED) is 0.515. The van der Waals surface area contributed by atoms with Crippen molar-refractivity contribution in [3.63, 3.8) is 0 Å². The minimum absolute atomic E-state index is 0.101. The normalized spacial score (nSPS) is 12.1. The Morgan fingerprint density at radius 1 is 1.58 bits per heavy atom. The number of nitro groups is 1. The fourth-order valence-electron chi connectivity index (χ4n) is 1.64. The van der Waals surface area contributed by atoms with Crippen molar-refractivity contribution in [1.82, 2.24) is 9.97 Å². The van der Waals surface area contributed by atoms with Crippen LogP contribution in [0.2, 0.25) is 5.15 Å². The summed E-state index contributed by atoms with van der Waals surface area (Å²) in [5.74, 6) is 0.881. The highest BCUT2D eigenvalue weighted by molar-refractivity contribution is 6.31. The second-order valence-electron chi connectivity index (χ2n) is 3.95. The highest BCUT2D eigenvalue weighted by atomic mass is 35.5. The largest absolute Gasteiger partial charge is 0.469 e. The smallest absolute Gasteiger partial charge is 0.348 e. The summed E-state index contributed by atoms with van der Waals surface area (Å²) in [5.41, 5.74) is -0.324. The van der Waals surface area contributed by atoms with Gasteiger partial charge in [-0.05, 0) is 19.1 Å². The van der Waals surface area contributed by atoms with Gasteiger partial charge in [0.2, 0.25) is 11.0 Å². The predicted molar refractivity (Wildman–Crippen MR) is 69.2 cm³/mol. The molecule has 2 aromatic rings. The molecule has 0 fully saturated rings. The van der Waals surface area contributed by atoms with Gasteiger partial charge in [0.25, 0.3) is 0 Å². The number of nitrogens with one attached hydrogen (secondary N) is 1. The summed E-state index contributed by atoms with van der Waals surface area (Å²) in [6, 6.07) is 3.52. The van der Waals surface area contributed by atoms with Crippen LogP contribution < -0.4 is 5.32 Å². The van der Waals surface area contributed by atoms with Gasteiger partial charge in [0.05, 0.1) is 11.2 Å². The van der Waals surface area contributed by atoms with Crippen LogP contribution in [0.3, 0.4) is 0 Å². The average molecular weight is 283 g/mol. The molecule has 0 aliphatic rings. The van der Waals surface area contributed by atoms with Crippen LogP contribution in [0.15, 0.2) is 29.1 Å². The van der Waals surface area contributed by atoms with E-state index in [1.54, 1.807) is 12.3 Å². The van der Waals surface area contributed by atoms with Gasteiger partial charge in [-0.25, -0.2) is 9.97 Å². The SMILES string of the molecule is CC(Cc1ccco1)Nc1ncnc(Cl)c1[N+](=O)[O-]. The molecule has 0 aliphatic carbocycles. The lowest BCUT2D eigenvalue weighted by Crippen LogP contribution is -2.19. The van der Waals surface area contributed by atoms with Crippen molar-refractivity contribution in [3.8, 4) is 0 Å². The molecule has 100 valence electrons. The van der Waals surface area contributed by atoms with E-state index in [1.165, 1.54) is 6.33 Å². The van der Waals surface area contributed by atoms with Gasteiger partial charge in [-0.1, -0.05) is 11.6 Å². The Bertz CT molecular complexity index is 573. The zero-order valence-electron chi connectivity index (χ0n) is 10.0. The van der Waals surface area contributed by atoms with Gasteiger partial charge >= 0.3 is 5.69 Å². The summed E-state index contributed by atoms with van der Waals surface area (Å²) in [6.07, 6.45) is 3.33. The van der Waals surface area contributed by atoms with E-state index in [-0.39, 0.29) is 22.7 Å². The van der Waals surface area contributed by atoms with Gasteiger partial charge < -0.3 is 9.73 Å². The lowest BCUT2D eigenvalue weighted by Gasteiger charge is -2.13. The number of anilines is 1. The Labute approximate surface area is 113 Å². The van der Waals surface area contributed by atoms with Crippen LogP contribution in [0.25, 0.3) is 0 Å². The summed E-state index contributed by atoms with van der Waals surface area (Å²) in [6.45, 7) is 1.86. The molecular weight excluding hydrogens is 272 g/mol. The zero-order valence-corrected chi connectivity index (χ0v) is 10.8. The van der Waals surface area contributed by atoms with Crippen molar-refractivity contribution in [2.24, 2.45) is 0 Å². The second kappa shape index (κ2) is 5.66. The number of aromatic nitrogens is 2. The molecule has 0 spiro atoms. The standard InChI is InChI=1S/C11H11ClN4O3/c1-7(5-8-3-2-4-19-8)15-11-9(16(17)18)10(12)13-6-14-11/h2-4,6-7H,5H2,1H3,(H,13,14,15). The second-order valence-corrected chi connectivity index (χ2v) is 4.31. The van der Waals surface area contributed by atoms with E-state index < -0.39 is 4.92 Å². The Kier molecular flexibility index (Phi) is 3.96. The molecule has 2 aromatic heterocycles. The van der Waals surface area contributed by atoms with E-state index in [0.29, 0.717) is 6.42 Å². The molecule has 0 radical (unpaired) electrons. The minimum atomic E-state index is -0.607. The predicted octanol–water partition coefficient (Wildman–Crippen LogP) is 2.67. The molecule has 2 rings (SSSR count). The highest BCUT2D eigenvalue weighted by Gasteiger charge is 2.22. The van der Waals surface area contributed by atoms with Crippen molar-refractivity contribution < 1.29 is 9.34 Å². The molecule has 0 saturated heterocycles. The van der Waals surface area contributed by atoms with Crippen molar-refractivity contribution in [3.05, 3.63) is 45.8 Å². The number of hydrogen-bond acceptors (Lipinski definition) is 6. The third-order valence-corrected chi connectivity index (χ3v) is 2.71. The highest BCUT2D eigenvalue weighted by Crippen LogP contribution is 2.28. The fourth-order valence-corrected chi connectivity index (χ4v) is 1.84. The van der Waals surface area contributed by atoms with Crippen molar-refractivity contribution in [1.29, 1.82) is 0 Å². The van der Waals surface area contributed by atoms with E-state index in [0.717, 1.165) is 5.76 Å². The summed E-state index contributed by atoms with van der Waals surface area (Å²) in [5, 5.41) is 13.7. The topological polar surface area (TPSA) is 94.1 Å². The summed E-state index contributed by atoms with van der Waals surface area (Å²) in [4.78, 5) is 17.8. The summed E-state index contributed by atoms with van der Waals surface area (Å²) >= 11 is 5.70. The average Bonchev–Trinajstić information content (AvgIpc) is 2.81. The van der Waals surface area contributed by atoms with Crippen LogP contribution in [0.1, 0.15) is 12.7 Å². The molecule has 0 bridgehead atoms. The minimum Gasteiger partial charge on any atom is -0.469 e. The molecule has 1 unspecified atom stereocenters. The monoisotopic (exact) mass is 282 g/mol. The first kappa shape index (κ1) is 13.3. The first-order valence-corrected chi connectivity index (χ1v) is 5.89. The van der Waals surface area contributed by atoms with Crippen LogP contribution in [0, 0.1) is 10.1 Å². The molecule has 8 heteroatoms. The molecule has 0 aliphatic heterocycles. The van der Waals surface area contributed by atoms with Crippen LogP contribution in [-0.2, 0) is 6.42 Å². The zero-order chi connectivity index (χ0) is 13.8. The fraction of sp³-hybridized carbons (Fsp3) is 0.273. The maximum Gasteiger partial charge on any atom is 0.348 e. The van der Waals surface area contributed by atoms with E-state index in [2.05, 4.69) is 15.3 Å². The number of halogens is 1. The van der Waals surface area contributed by atoms with Gasteiger partial charge in [0.1, 0.15) is 12.1 Å². The molecule has 7 nitrogen and oxygen atoms in total. The van der Waals surface area contributed by atoms with Gasteiger partial charge in [0.15, 0.2) is 0 Å². The molecule has 1 atom stereocenters. The Hall–Kier alpha value is -2.15. The first-order chi connectivity index (χ1) is 9.08. The van der Waals surface area contributed by atoms with E-state index in [9.17, 15) is 10.1 Å². The van der Waals surface area contributed by atoms with E-state index in [1.807, 2.05) is 13.0 Å². The molecule has 19 heavy (non-hydrogen) atoms. The summed E-state index contributed by atoms with van der Waals surface area (Å²) < 4.78 is 5.21. The Morgan fingerprint density at radius 2 is 2.37 bits per heavy atom. The number of rotatable bonds is 5. The number of nitrogens with zero attached hydrogens (tertiary/aromatic N) is 3. The van der Waals surface area contributed by atoms with Gasteiger partial charge in [-0.2, -0.15) is 0 Å². The molecule has 0 saturated carbocycles. The lowest BCUT2D eigenvalue weighted by molar-refractivity contribution is -0.384. The van der Waals surface area contributed by atoms with E-state index in [4.69, 9.17) is 16.0 Å². The van der Waals surface area contributed by atoms with Gasteiger partial charge in [-0.3, -0.25) is 10.1 Å². The van der Waals surface area contributed by atoms with E-state index >= 15 is 0 Å². The summed E-state index contributed by atoms with van der Waals surface area (Å²) in [7, 11) is 0. The molecule has 2 heterocycles. The van der Waals surface area contributed by atoms with Crippen molar-refractivity contribution in [2.45, 2.75) is 19.4 Å².